The van der Waals surface area contributed by atoms with Crippen LogP contribution in [0.5, 0.6) is 17.2 Å². The number of carbonyl (C=O) groups excluding carboxylic acids is 1. The van der Waals surface area contributed by atoms with Crippen LogP contribution < -0.4 is 14.2 Å². The van der Waals surface area contributed by atoms with E-state index in [9.17, 15) is 9.59 Å². The monoisotopic (exact) mass is 252 g/mol. The summed E-state index contributed by atoms with van der Waals surface area (Å²) in [6, 6.07) is 3.12. The predicted octanol–water partition coefficient (Wildman–Crippen LogP) is 1.12. The summed E-state index contributed by atoms with van der Waals surface area (Å²) in [6.07, 6.45) is -1.37. The van der Waals surface area contributed by atoms with Crippen molar-refractivity contribution in [1.82, 2.24) is 0 Å². The maximum Gasteiger partial charge on any atom is 0.345 e. The maximum atomic E-state index is 11.8. The molecule has 18 heavy (non-hydrogen) atoms. The average Bonchev–Trinajstić information content (AvgIpc) is 2.36. The minimum absolute atomic E-state index is 0.125. The lowest BCUT2D eigenvalue weighted by Gasteiger charge is -2.24. The Morgan fingerprint density at radius 1 is 1.39 bits per heavy atom. The third kappa shape index (κ3) is 1.85. The molecule has 6 heteroatoms. The van der Waals surface area contributed by atoms with E-state index in [-0.39, 0.29) is 23.7 Å². The standard InChI is InChI=1S/C12H12O6/c1-16-8-4-3-6-7(13)5-9(12(14)15)18-10(6)11(8)17-2/h3-4,9H,5H2,1-2H3,(H,14,15). The largest absolute Gasteiger partial charge is 0.493 e. The van der Waals surface area contributed by atoms with Crippen LogP contribution in [0.4, 0.5) is 0 Å². The number of carboxylic acid groups (broad SMARTS) is 1. The third-order valence-corrected chi connectivity index (χ3v) is 2.71. The molecule has 96 valence electrons. The van der Waals surface area contributed by atoms with Crippen LogP contribution in [0.25, 0.3) is 0 Å². The normalized spacial score (nSPS) is 17.7. The number of ketones is 1. The summed E-state index contributed by atoms with van der Waals surface area (Å²) >= 11 is 0. The molecule has 1 aliphatic rings. The minimum atomic E-state index is -1.19. The lowest BCUT2D eigenvalue weighted by Crippen LogP contribution is -2.34. The summed E-state index contributed by atoms with van der Waals surface area (Å²) < 4.78 is 15.5. The van der Waals surface area contributed by atoms with Gasteiger partial charge in [0.1, 0.15) is 0 Å². The number of hydrogen-bond acceptors (Lipinski definition) is 5. The number of rotatable bonds is 3. The molecule has 0 spiro atoms. The van der Waals surface area contributed by atoms with Crippen molar-refractivity contribution in [3.8, 4) is 17.2 Å². The Balaban J connectivity index is 2.54. The summed E-state index contributed by atoms with van der Waals surface area (Å²) in [4.78, 5) is 22.7. The molecule has 1 unspecified atom stereocenters. The molecule has 1 atom stereocenters. The highest BCUT2D eigenvalue weighted by Crippen LogP contribution is 2.43. The summed E-state index contributed by atoms with van der Waals surface area (Å²) in [6.45, 7) is 0. The maximum absolute atomic E-state index is 11.8. The Morgan fingerprint density at radius 3 is 2.67 bits per heavy atom. The Labute approximate surface area is 103 Å². The quantitative estimate of drug-likeness (QED) is 0.868. The van der Waals surface area contributed by atoms with Crippen molar-refractivity contribution in [2.45, 2.75) is 12.5 Å². The van der Waals surface area contributed by atoms with Gasteiger partial charge in [0.25, 0.3) is 0 Å². The lowest BCUT2D eigenvalue weighted by atomic mass is 10.00. The van der Waals surface area contributed by atoms with Crippen LogP contribution >= 0.6 is 0 Å². The minimum Gasteiger partial charge on any atom is -0.493 e. The van der Waals surface area contributed by atoms with Crippen LogP contribution in [-0.4, -0.2) is 37.2 Å². The van der Waals surface area contributed by atoms with Crippen molar-refractivity contribution in [3.63, 3.8) is 0 Å². The van der Waals surface area contributed by atoms with Crippen molar-refractivity contribution >= 4 is 11.8 Å². The van der Waals surface area contributed by atoms with Gasteiger partial charge in [-0.15, -0.1) is 0 Å². The topological polar surface area (TPSA) is 82.1 Å². The Morgan fingerprint density at radius 2 is 2.11 bits per heavy atom. The number of benzene rings is 1. The first-order chi connectivity index (χ1) is 8.58. The van der Waals surface area contributed by atoms with E-state index in [1.54, 1.807) is 6.07 Å². The number of hydrogen-bond donors (Lipinski definition) is 1. The molecular formula is C12H12O6. The van der Waals surface area contributed by atoms with E-state index in [2.05, 4.69) is 0 Å². The van der Waals surface area contributed by atoms with Gasteiger partial charge in [0.05, 0.1) is 26.2 Å². The Hall–Kier alpha value is -2.24. The van der Waals surface area contributed by atoms with Gasteiger partial charge in [0.2, 0.25) is 11.9 Å². The van der Waals surface area contributed by atoms with Gasteiger partial charge >= 0.3 is 5.97 Å². The van der Waals surface area contributed by atoms with E-state index >= 15 is 0 Å². The van der Waals surface area contributed by atoms with Gasteiger partial charge in [-0.2, -0.15) is 0 Å². The van der Waals surface area contributed by atoms with E-state index < -0.39 is 12.1 Å². The zero-order valence-corrected chi connectivity index (χ0v) is 9.93. The number of Topliss-reactive ketones (excluding diaryl/α,β-unsaturated/α-hetero) is 1. The van der Waals surface area contributed by atoms with Crippen LogP contribution in [0.15, 0.2) is 12.1 Å². The van der Waals surface area contributed by atoms with E-state index in [4.69, 9.17) is 19.3 Å². The van der Waals surface area contributed by atoms with Gasteiger partial charge in [-0.3, -0.25) is 4.79 Å². The molecule has 2 rings (SSSR count). The smallest absolute Gasteiger partial charge is 0.345 e. The van der Waals surface area contributed by atoms with Crippen molar-refractivity contribution in [3.05, 3.63) is 17.7 Å². The van der Waals surface area contributed by atoms with Gasteiger partial charge in [-0.25, -0.2) is 4.79 Å². The number of ether oxygens (including phenoxy) is 3. The van der Waals surface area contributed by atoms with Crippen LogP contribution in [0, 0.1) is 0 Å². The molecule has 0 aromatic heterocycles. The van der Waals surface area contributed by atoms with Gasteiger partial charge < -0.3 is 19.3 Å². The van der Waals surface area contributed by atoms with E-state index in [1.807, 2.05) is 0 Å². The number of carboxylic acids is 1. The van der Waals surface area contributed by atoms with Crippen molar-refractivity contribution in [2.24, 2.45) is 0 Å². The first kappa shape index (κ1) is 12.2. The number of fused-ring (bicyclic) bond motifs is 1. The van der Waals surface area contributed by atoms with E-state index in [0.29, 0.717) is 11.3 Å². The summed E-state index contributed by atoms with van der Waals surface area (Å²) in [7, 11) is 2.85. The van der Waals surface area contributed by atoms with Crippen molar-refractivity contribution in [1.29, 1.82) is 0 Å². The summed E-state index contributed by atoms with van der Waals surface area (Å²) in [5.74, 6) is -0.728. The molecule has 0 saturated heterocycles. The SMILES string of the molecule is COc1ccc2c(c1OC)OC(C(=O)O)CC2=O. The highest BCUT2D eigenvalue weighted by atomic mass is 16.5. The van der Waals surface area contributed by atoms with Gasteiger partial charge in [0.15, 0.2) is 17.3 Å². The van der Waals surface area contributed by atoms with Gasteiger partial charge in [-0.05, 0) is 12.1 Å². The Kier molecular flexibility index (Phi) is 3.10. The summed E-state index contributed by atoms with van der Waals surface area (Å²) in [5, 5.41) is 8.92. The second kappa shape index (κ2) is 4.56. The molecular weight excluding hydrogens is 240 g/mol. The van der Waals surface area contributed by atoms with Crippen LogP contribution in [0.3, 0.4) is 0 Å². The van der Waals surface area contributed by atoms with Crippen LogP contribution in [0.2, 0.25) is 0 Å². The lowest BCUT2D eigenvalue weighted by molar-refractivity contribution is -0.145. The van der Waals surface area contributed by atoms with Gasteiger partial charge in [0, 0.05) is 0 Å². The van der Waals surface area contributed by atoms with Crippen LogP contribution in [0.1, 0.15) is 16.8 Å². The fraction of sp³-hybridized carbons (Fsp3) is 0.333. The van der Waals surface area contributed by atoms with E-state index in [0.717, 1.165) is 0 Å². The fourth-order valence-electron chi connectivity index (χ4n) is 1.84. The molecule has 1 aromatic rings. The van der Waals surface area contributed by atoms with E-state index in [1.165, 1.54) is 20.3 Å². The highest BCUT2D eigenvalue weighted by Gasteiger charge is 2.34. The van der Waals surface area contributed by atoms with Crippen LogP contribution in [-0.2, 0) is 4.79 Å². The second-order valence-corrected chi connectivity index (χ2v) is 3.75. The predicted molar refractivity (Wildman–Crippen MR) is 60.5 cm³/mol. The molecule has 1 aromatic carbocycles. The molecule has 1 heterocycles. The first-order valence-electron chi connectivity index (χ1n) is 5.26. The second-order valence-electron chi connectivity index (χ2n) is 3.75. The van der Waals surface area contributed by atoms with Crippen molar-refractivity contribution in [2.75, 3.05) is 14.2 Å². The molecule has 1 aliphatic heterocycles. The molecule has 0 amide bonds. The fourth-order valence-corrected chi connectivity index (χ4v) is 1.84. The number of carbonyl (C=O) groups is 2. The molecule has 0 saturated carbocycles. The molecule has 1 N–H and O–H groups in total. The highest BCUT2D eigenvalue weighted by molar-refractivity contribution is 6.03. The van der Waals surface area contributed by atoms with Gasteiger partial charge in [-0.1, -0.05) is 0 Å². The zero-order valence-electron chi connectivity index (χ0n) is 9.93. The third-order valence-electron chi connectivity index (χ3n) is 2.71. The first-order valence-corrected chi connectivity index (χ1v) is 5.26. The number of methoxy groups -OCH3 is 2. The average molecular weight is 252 g/mol. The Bertz CT molecular complexity index is 508. The summed E-state index contributed by atoms with van der Waals surface area (Å²) in [5.41, 5.74) is 0.310. The van der Waals surface area contributed by atoms with Crippen molar-refractivity contribution < 1.29 is 28.9 Å². The molecule has 0 fully saturated rings. The zero-order chi connectivity index (χ0) is 13.3. The molecule has 6 nitrogen and oxygen atoms in total. The number of aliphatic carboxylic acids is 1. The molecule has 0 radical (unpaired) electrons. The molecule has 0 bridgehead atoms. The molecule has 0 aliphatic carbocycles.